The van der Waals surface area contributed by atoms with E-state index in [1.165, 1.54) is 17.1 Å². The van der Waals surface area contributed by atoms with Gasteiger partial charge in [-0.2, -0.15) is 10.1 Å². The van der Waals surface area contributed by atoms with Crippen LogP contribution in [0.4, 0.5) is 5.69 Å². The Hall–Kier alpha value is -3.21. The van der Waals surface area contributed by atoms with Crippen LogP contribution in [0.2, 0.25) is 0 Å². The summed E-state index contributed by atoms with van der Waals surface area (Å²) < 4.78 is 0. The van der Waals surface area contributed by atoms with E-state index in [9.17, 15) is 9.59 Å². The van der Waals surface area contributed by atoms with Gasteiger partial charge in [0.2, 0.25) is 0 Å². The standard InChI is InChI=1S/C18H14N2O3/c1-12-16(11-13-5-3-2-4-6-13)17(21)20(19-12)15-9-7-14(8-10-15)18(22)23/h2-11H,1H3,(H,22,23). The molecule has 0 radical (unpaired) electrons. The summed E-state index contributed by atoms with van der Waals surface area (Å²) in [5, 5.41) is 14.5. The minimum Gasteiger partial charge on any atom is -0.478 e. The highest BCUT2D eigenvalue weighted by atomic mass is 16.4. The molecule has 5 heteroatoms. The number of amides is 1. The van der Waals surface area contributed by atoms with E-state index >= 15 is 0 Å². The molecule has 1 N–H and O–H groups in total. The fourth-order valence-electron chi connectivity index (χ4n) is 2.32. The van der Waals surface area contributed by atoms with Gasteiger partial charge in [-0.3, -0.25) is 4.79 Å². The van der Waals surface area contributed by atoms with Crippen molar-refractivity contribution in [1.82, 2.24) is 0 Å². The van der Waals surface area contributed by atoms with Gasteiger partial charge in [0.1, 0.15) is 0 Å². The number of carbonyl (C=O) groups is 2. The van der Waals surface area contributed by atoms with E-state index in [1.807, 2.05) is 30.3 Å². The summed E-state index contributed by atoms with van der Waals surface area (Å²) in [4.78, 5) is 23.5. The third-order valence-corrected chi connectivity index (χ3v) is 3.53. The Labute approximate surface area is 133 Å². The highest BCUT2D eigenvalue weighted by molar-refractivity contribution is 6.32. The van der Waals surface area contributed by atoms with E-state index in [4.69, 9.17) is 5.11 Å². The monoisotopic (exact) mass is 306 g/mol. The van der Waals surface area contributed by atoms with Crippen LogP contribution in [0, 0.1) is 0 Å². The summed E-state index contributed by atoms with van der Waals surface area (Å²) in [7, 11) is 0. The zero-order valence-corrected chi connectivity index (χ0v) is 12.4. The molecule has 1 heterocycles. The van der Waals surface area contributed by atoms with Gasteiger partial charge < -0.3 is 5.11 Å². The van der Waals surface area contributed by atoms with Crippen molar-refractivity contribution in [3.05, 3.63) is 71.3 Å². The summed E-state index contributed by atoms with van der Waals surface area (Å²) >= 11 is 0. The van der Waals surface area contributed by atoms with Crippen LogP contribution in [0.1, 0.15) is 22.8 Å². The zero-order valence-electron chi connectivity index (χ0n) is 12.4. The minimum absolute atomic E-state index is 0.168. The number of hydrogen-bond donors (Lipinski definition) is 1. The molecule has 3 rings (SSSR count). The zero-order chi connectivity index (χ0) is 16.4. The molecule has 5 nitrogen and oxygen atoms in total. The van der Waals surface area contributed by atoms with Gasteiger partial charge in [0.15, 0.2) is 0 Å². The van der Waals surface area contributed by atoms with Crippen LogP contribution >= 0.6 is 0 Å². The predicted molar refractivity (Wildman–Crippen MR) is 88.4 cm³/mol. The van der Waals surface area contributed by atoms with Crippen molar-refractivity contribution in [1.29, 1.82) is 0 Å². The lowest BCUT2D eigenvalue weighted by atomic mass is 10.1. The van der Waals surface area contributed by atoms with Gasteiger partial charge in [-0.05, 0) is 42.8 Å². The molecule has 2 aromatic carbocycles. The second-order valence-electron chi connectivity index (χ2n) is 5.12. The average molecular weight is 306 g/mol. The van der Waals surface area contributed by atoms with Crippen LogP contribution in [0.5, 0.6) is 0 Å². The largest absolute Gasteiger partial charge is 0.478 e. The second kappa shape index (κ2) is 5.88. The highest BCUT2D eigenvalue weighted by Gasteiger charge is 2.28. The number of anilines is 1. The summed E-state index contributed by atoms with van der Waals surface area (Å²) in [5.74, 6) is -1.23. The number of nitrogens with zero attached hydrogens (tertiary/aromatic N) is 2. The second-order valence-corrected chi connectivity index (χ2v) is 5.12. The Morgan fingerprint density at radius 1 is 1.09 bits per heavy atom. The Morgan fingerprint density at radius 3 is 2.35 bits per heavy atom. The highest BCUT2D eigenvalue weighted by Crippen LogP contribution is 2.25. The maximum Gasteiger partial charge on any atom is 0.335 e. The van der Waals surface area contributed by atoms with Crippen LogP contribution in [0.15, 0.2) is 65.3 Å². The summed E-state index contributed by atoms with van der Waals surface area (Å²) in [6.07, 6.45) is 1.80. The molecule has 1 amide bonds. The Kier molecular flexibility index (Phi) is 3.76. The molecule has 0 aliphatic carbocycles. The Balaban J connectivity index is 1.91. The smallest absolute Gasteiger partial charge is 0.335 e. The first-order valence-corrected chi connectivity index (χ1v) is 7.06. The van der Waals surface area contributed by atoms with Crippen molar-refractivity contribution < 1.29 is 14.7 Å². The number of carboxylic acids is 1. The van der Waals surface area contributed by atoms with Gasteiger partial charge >= 0.3 is 5.97 Å². The number of hydrazone groups is 1. The van der Waals surface area contributed by atoms with Crippen molar-refractivity contribution in [2.75, 3.05) is 5.01 Å². The summed E-state index contributed by atoms with van der Waals surface area (Å²) in [6, 6.07) is 15.6. The van der Waals surface area contributed by atoms with Crippen molar-refractivity contribution in [2.24, 2.45) is 5.10 Å². The number of aromatic carboxylic acids is 1. The van der Waals surface area contributed by atoms with Crippen LogP contribution < -0.4 is 5.01 Å². The lowest BCUT2D eigenvalue weighted by Gasteiger charge is -2.11. The maximum atomic E-state index is 12.6. The Bertz CT molecular complexity index is 821. The van der Waals surface area contributed by atoms with Crippen LogP contribution in [-0.4, -0.2) is 22.7 Å². The minimum atomic E-state index is -1.01. The fraction of sp³-hybridized carbons (Fsp3) is 0.0556. The average Bonchev–Trinajstić information content (AvgIpc) is 2.84. The van der Waals surface area contributed by atoms with Gasteiger partial charge in [0.25, 0.3) is 5.91 Å². The number of carboxylic acid groups (broad SMARTS) is 1. The molecule has 2 aromatic rings. The molecule has 0 aromatic heterocycles. The van der Waals surface area contributed by atoms with Crippen LogP contribution in [0.25, 0.3) is 6.08 Å². The van der Waals surface area contributed by atoms with E-state index in [2.05, 4.69) is 5.10 Å². The van der Waals surface area contributed by atoms with Gasteiger partial charge in [0, 0.05) is 0 Å². The summed E-state index contributed by atoms with van der Waals surface area (Å²) in [6.45, 7) is 1.78. The predicted octanol–water partition coefficient (Wildman–Crippen LogP) is 3.19. The molecule has 23 heavy (non-hydrogen) atoms. The first-order valence-electron chi connectivity index (χ1n) is 7.06. The van der Waals surface area contributed by atoms with Gasteiger partial charge in [0.05, 0.1) is 22.5 Å². The molecular weight excluding hydrogens is 292 g/mol. The number of carbonyl (C=O) groups excluding carboxylic acids is 1. The normalized spacial score (nSPS) is 15.9. The third-order valence-electron chi connectivity index (χ3n) is 3.53. The van der Waals surface area contributed by atoms with E-state index in [-0.39, 0.29) is 11.5 Å². The number of rotatable bonds is 3. The van der Waals surface area contributed by atoms with Crippen LogP contribution in [0.3, 0.4) is 0 Å². The lowest BCUT2D eigenvalue weighted by molar-refractivity contribution is -0.114. The molecule has 0 fully saturated rings. The topological polar surface area (TPSA) is 70.0 Å². The van der Waals surface area contributed by atoms with Gasteiger partial charge in [-0.1, -0.05) is 30.3 Å². The molecule has 0 saturated heterocycles. The molecular formula is C18H14N2O3. The van der Waals surface area contributed by atoms with Crippen molar-refractivity contribution in [3.8, 4) is 0 Å². The molecule has 0 unspecified atom stereocenters. The molecule has 114 valence electrons. The molecule has 1 aliphatic heterocycles. The van der Waals surface area contributed by atoms with Crippen LogP contribution in [-0.2, 0) is 4.79 Å². The van der Waals surface area contributed by atoms with E-state index in [1.54, 1.807) is 25.1 Å². The molecule has 0 bridgehead atoms. The molecule has 0 saturated carbocycles. The SMILES string of the molecule is CC1=NN(c2ccc(C(=O)O)cc2)C(=O)C1=Cc1ccccc1. The first-order chi connectivity index (χ1) is 11.1. The van der Waals surface area contributed by atoms with Gasteiger partial charge in [-0.25, -0.2) is 4.79 Å². The van der Waals surface area contributed by atoms with Crippen molar-refractivity contribution in [2.45, 2.75) is 6.92 Å². The quantitative estimate of drug-likeness (QED) is 0.885. The first kappa shape index (κ1) is 14.7. The molecule has 1 aliphatic rings. The molecule has 0 spiro atoms. The van der Waals surface area contributed by atoms with E-state index in [0.29, 0.717) is 17.0 Å². The number of hydrogen-bond acceptors (Lipinski definition) is 3. The van der Waals surface area contributed by atoms with Crippen molar-refractivity contribution in [3.63, 3.8) is 0 Å². The third kappa shape index (κ3) is 2.89. The maximum absolute atomic E-state index is 12.6. The summed E-state index contributed by atoms with van der Waals surface area (Å²) in [5.41, 5.74) is 2.78. The van der Waals surface area contributed by atoms with E-state index < -0.39 is 5.97 Å². The molecule has 0 atom stereocenters. The number of benzene rings is 2. The fourth-order valence-corrected chi connectivity index (χ4v) is 2.32. The van der Waals surface area contributed by atoms with E-state index in [0.717, 1.165) is 5.56 Å². The lowest BCUT2D eigenvalue weighted by Crippen LogP contribution is -2.21. The van der Waals surface area contributed by atoms with Crippen molar-refractivity contribution >= 4 is 29.4 Å². The Morgan fingerprint density at radius 2 is 1.74 bits per heavy atom. The van der Waals surface area contributed by atoms with Gasteiger partial charge in [-0.15, -0.1) is 0 Å².